The third-order valence-corrected chi connectivity index (χ3v) is 2.17. The Bertz CT molecular complexity index is 182. The SMILES string of the molecule is CCCNC(=O)CNCC(C)(CO)CO. The number of hydrogen-bond acceptors (Lipinski definition) is 4. The molecule has 0 aromatic heterocycles. The lowest BCUT2D eigenvalue weighted by atomic mass is 9.93. The number of aliphatic hydroxyl groups excluding tert-OH is 2. The molecule has 0 aliphatic heterocycles. The fourth-order valence-corrected chi connectivity index (χ4v) is 0.967. The van der Waals surface area contributed by atoms with Gasteiger partial charge in [0.05, 0.1) is 19.8 Å². The summed E-state index contributed by atoms with van der Waals surface area (Å²) in [6.07, 6.45) is 0.913. The summed E-state index contributed by atoms with van der Waals surface area (Å²) < 4.78 is 0. The van der Waals surface area contributed by atoms with E-state index in [1.54, 1.807) is 6.92 Å². The minimum atomic E-state index is -0.564. The summed E-state index contributed by atoms with van der Waals surface area (Å²) in [5.74, 6) is -0.0601. The lowest BCUT2D eigenvalue weighted by Gasteiger charge is -2.24. The zero-order valence-electron chi connectivity index (χ0n) is 9.55. The van der Waals surface area contributed by atoms with E-state index in [-0.39, 0.29) is 25.7 Å². The van der Waals surface area contributed by atoms with Crippen LogP contribution in [0.2, 0.25) is 0 Å². The highest BCUT2D eigenvalue weighted by Gasteiger charge is 2.21. The molecule has 5 heteroatoms. The highest BCUT2D eigenvalue weighted by molar-refractivity contribution is 5.77. The average molecular weight is 218 g/mol. The van der Waals surface area contributed by atoms with Gasteiger partial charge in [-0.1, -0.05) is 13.8 Å². The van der Waals surface area contributed by atoms with Gasteiger partial charge in [-0.05, 0) is 6.42 Å². The number of carbonyl (C=O) groups is 1. The van der Waals surface area contributed by atoms with Crippen molar-refractivity contribution in [2.24, 2.45) is 5.41 Å². The van der Waals surface area contributed by atoms with E-state index in [9.17, 15) is 4.79 Å². The molecule has 0 atom stereocenters. The van der Waals surface area contributed by atoms with Crippen LogP contribution in [0.5, 0.6) is 0 Å². The van der Waals surface area contributed by atoms with Crippen molar-refractivity contribution in [1.29, 1.82) is 0 Å². The number of nitrogens with one attached hydrogen (secondary N) is 2. The Morgan fingerprint density at radius 1 is 1.33 bits per heavy atom. The fraction of sp³-hybridized carbons (Fsp3) is 0.900. The molecule has 90 valence electrons. The zero-order chi connectivity index (χ0) is 11.7. The molecule has 0 saturated heterocycles. The van der Waals surface area contributed by atoms with Crippen molar-refractivity contribution in [3.05, 3.63) is 0 Å². The number of hydrogen-bond donors (Lipinski definition) is 4. The lowest BCUT2D eigenvalue weighted by molar-refractivity contribution is -0.120. The summed E-state index contributed by atoms with van der Waals surface area (Å²) >= 11 is 0. The van der Waals surface area contributed by atoms with E-state index < -0.39 is 5.41 Å². The highest BCUT2D eigenvalue weighted by Crippen LogP contribution is 2.11. The van der Waals surface area contributed by atoms with Crippen molar-refractivity contribution in [3.63, 3.8) is 0 Å². The second-order valence-electron chi connectivity index (χ2n) is 4.08. The molecule has 0 fully saturated rings. The monoisotopic (exact) mass is 218 g/mol. The Morgan fingerprint density at radius 2 is 1.93 bits per heavy atom. The molecule has 0 saturated carbocycles. The minimum absolute atomic E-state index is 0.0601. The van der Waals surface area contributed by atoms with E-state index in [0.29, 0.717) is 13.1 Å². The maximum Gasteiger partial charge on any atom is 0.233 e. The molecule has 0 aromatic carbocycles. The summed E-state index contributed by atoms with van der Waals surface area (Å²) in [4.78, 5) is 11.2. The fourth-order valence-electron chi connectivity index (χ4n) is 0.967. The van der Waals surface area contributed by atoms with Crippen molar-refractivity contribution >= 4 is 5.91 Å². The van der Waals surface area contributed by atoms with Gasteiger partial charge >= 0.3 is 0 Å². The molecule has 5 nitrogen and oxygen atoms in total. The van der Waals surface area contributed by atoms with Crippen LogP contribution in [0, 0.1) is 5.41 Å². The molecule has 0 spiro atoms. The predicted molar refractivity (Wildman–Crippen MR) is 58.4 cm³/mol. The molecule has 0 rings (SSSR count). The standard InChI is InChI=1S/C10H22N2O3/c1-3-4-12-9(15)5-11-6-10(2,7-13)8-14/h11,13-14H,3-8H2,1-2H3,(H,12,15). The van der Waals surface area contributed by atoms with Gasteiger partial charge in [0.1, 0.15) is 0 Å². The summed E-state index contributed by atoms with van der Waals surface area (Å²) in [5, 5.41) is 23.6. The maximum absolute atomic E-state index is 11.2. The molecule has 0 aliphatic rings. The Balaban J connectivity index is 3.64. The van der Waals surface area contributed by atoms with Crippen LogP contribution >= 0.6 is 0 Å². The van der Waals surface area contributed by atoms with Crippen molar-refractivity contribution in [3.8, 4) is 0 Å². The topological polar surface area (TPSA) is 81.6 Å². The van der Waals surface area contributed by atoms with Gasteiger partial charge in [-0.25, -0.2) is 0 Å². The van der Waals surface area contributed by atoms with E-state index in [2.05, 4.69) is 10.6 Å². The third kappa shape index (κ3) is 6.43. The number of rotatable bonds is 8. The molecule has 1 amide bonds. The maximum atomic E-state index is 11.2. The molecule has 0 heterocycles. The van der Waals surface area contributed by atoms with Crippen molar-refractivity contribution < 1.29 is 15.0 Å². The highest BCUT2D eigenvalue weighted by atomic mass is 16.3. The van der Waals surface area contributed by atoms with Crippen LogP contribution in [0.15, 0.2) is 0 Å². The molecule has 0 aliphatic carbocycles. The third-order valence-electron chi connectivity index (χ3n) is 2.17. The normalized spacial score (nSPS) is 11.5. The van der Waals surface area contributed by atoms with E-state index >= 15 is 0 Å². The first kappa shape index (κ1) is 14.3. The van der Waals surface area contributed by atoms with Gasteiger partial charge in [0.25, 0.3) is 0 Å². The van der Waals surface area contributed by atoms with Gasteiger partial charge in [0, 0.05) is 18.5 Å². The van der Waals surface area contributed by atoms with E-state index in [0.717, 1.165) is 6.42 Å². The second kappa shape index (κ2) is 7.62. The number of aliphatic hydroxyl groups is 2. The van der Waals surface area contributed by atoms with Crippen molar-refractivity contribution in [2.45, 2.75) is 20.3 Å². The van der Waals surface area contributed by atoms with Gasteiger partial charge in [-0.2, -0.15) is 0 Å². The van der Waals surface area contributed by atoms with Crippen molar-refractivity contribution in [2.75, 3.05) is 32.8 Å². The molecule has 15 heavy (non-hydrogen) atoms. The van der Waals surface area contributed by atoms with E-state index in [1.807, 2.05) is 6.92 Å². The summed E-state index contributed by atoms with van der Waals surface area (Å²) in [6, 6.07) is 0. The molecule has 0 radical (unpaired) electrons. The summed E-state index contributed by atoms with van der Waals surface area (Å²) in [6.45, 7) is 4.85. The molecule has 4 N–H and O–H groups in total. The minimum Gasteiger partial charge on any atom is -0.396 e. The van der Waals surface area contributed by atoms with Gasteiger partial charge in [-0.15, -0.1) is 0 Å². The van der Waals surface area contributed by atoms with Gasteiger partial charge in [0.15, 0.2) is 0 Å². The Labute approximate surface area is 90.9 Å². The largest absolute Gasteiger partial charge is 0.396 e. The van der Waals surface area contributed by atoms with Gasteiger partial charge < -0.3 is 20.8 Å². The van der Waals surface area contributed by atoms with Crippen LogP contribution in [0.1, 0.15) is 20.3 Å². The summed E-state index contributed by atoms with van der Waals surface area (Å²) in [5.41, 5.74) is -0.564. The van der Waals surface area contributed by atoms with Crippen LogP contribution in [-0.4, -0.2) is 49.0 Å². The molecular weight excluding hydrogens is 196 g/mol. The quantitative estimate of drug-likeness (QED) is 0.425. The Kier molecular flexibility index (Phi) is 7.29. The number of amides is 1. The van der Waals surface area contributed by atoms with Gasteiger partial charge in [0.2, 0.25) is 5.91 Å². The van der Waals surface area contributed by atoms with Crippen LogP contribution in [0.4, 0.5) is 0 Å². The smallest absolute Gasteiger partial charge is 0.233 e. The molecular formula is C10H22N2O3. The molecule has 0 bridgehead atoms. The summed E-state index contributed by atoms with van der Waals surface area (Å²) in [7, 11) is 0. The van der Waals surface area contributed by atoms with E-state index in [1.165, 1.54) is 0 Å². The van der Waals surface area contributed by atoms with Crippen LogP contribution in [-0.2, 0) is 4.79 Å². The van der Waals surface area contributed by atoms with Crippen LogP contribution < -0.4 is 10.6 Å². The zero-order valence-corrected chi connectivity index (χ0v) is 9.55. The van der Waals surface area contributed by atoms with Gasteiger partial charge in [-0.3, -0.25) is 4.79 Å². The Hall–Kier alpha value is -0.650. The van der Waals surface area contributed by atoms with Crippen LogP contribution in [0.25, 0.3) is 0 Å². The lowest BCUT2D eigenvalue weighted by Crippen LogP contribution is -2.42. The second-order valence-corrected chi connectivity index (χ2v) is 4.08. The first-order chi connectivity index (χ1) is 7.08. The Morgan fingerprint density at radius 3 is 2.40 bits per heavy atom. The molecule has 0 unspecified atom stereocenters. The van der Waals surface area contributed by atoms with E-state index in [4.69, 9.17) is 10.2 Å². The first-order valence-corrected chi connectivity index (χ1v) is 5.27. The number of carbonyl (C=O) groups excluding carboxylic acids is 1. The predicted octanol–water partition coefficient (Wildman–Crippen LogP) is -0.907. The first-order valence-electron chi connectivity index (χ1n) is 5.27. The molecule has 0 aromatic rings. The van der Waals surface area contributed by atoms with Crippen LogP contribution in [0.3, 0.4) is 0 Å². The average Bonchev–Trinajstić information content (AvgIpc) is 2.26. The van der Waals surface area contributed by atoms with Crippen molar-refractivity contribution in [1.82, 2.24) is 10.6 Å².